The van der Waals surface area contributed by atoms with Gasteiger partial charge in [0.2, 0.25) is 0 Å². The van der Waals surface area contributed by atoms with Crippen LogP contribution in [-0.2, 0) is 9.84 Å². The number of aromatic amines is 1. The van der Waals surface area contributed by atoms with Crippen LogP contribution in [-0.4, -0.2) is 47.2 Å². The summed E-state index contributed by atoms with van der Waals surface area (Å²) >= 11 is 0. The van der Waals surface area contributed by atoms with E-state index in [0.29, 0.717) is 4.90 Å². The zero-order valence-corrected chi connectivity index (χ0v) is 16.5. The molecule has 1 N–H and O–H groups in total. The van der Waals surface area contributed by atoms with E-state index in [9.17, 15) is 8.42 Å². The van der Waals surface area contributed by atoms with E-state index >= 15 is 0 Å². The number of pyridine rings is 1. The first kappa shape index (κ1) is 17.9. The number of aromatic nitrogens is 4. The van der Waals surface area contributed by atoms with Crippen molar-refractivity contribution in [2.45, 2.75) is 37.6 Å². The molecule has 0 radical (unpaired) electrons. The van der Waals surface area contributed by atoms with Crippen molar-refractivity contribution in [2.24, 2.45) is 5.92 Å². The molecule has 7 nitrogen and oxygen atoms in total. The second-order valence-electron chi connectivity index (χ2n) is 7.41. The van der Waals surface area contributed by atoms with Crippen molar-refractivity contribution in [3.8, 4) is 0 Å². The minimum Gasteiger partial charge on any atom is -0.356 e. The van der Waals surface area contributed by atoms with Crippen LogP contribution in [0.1, 0.15) is 24.1 Å². The summed E-state index contributed by atoms with van der Waals surface area (Å²) in [4.78, 5) is 18.4. The molecule has 142 valence electrons. The Balaban J connectivity index is 1.44. The number of hydrogen-bond donors (Lipinski definition) is 1. The van der Waals surface area contributed by atoms with Crippen LogP contribution in [0.15, 0.2) is 35.7 Å². The molecule has 0 unspecified atom stereocenters. The fourth-order valence-corrected chi connectivity index (χ4v) is 5.71. The molecule has 0 aromatic carbocycles. The largest absolute Gasteiger partial charge is 0.356 e. The van der Waals surface area contributed by atoms with Crippen LogP contribution in [0.3, 0.4) is 0 Å². The van der Waals surface area contributed by atoms with Crippen LogP contribution in [0.25, 0.3) is 11.0 Å². The Morgan fingerprint density at radius 3 is 2.74 bits per heavy atom. The molecule has 27 heavy (non-hydrogen) atoms. The lowest BCUT2D eigenvalue weighted by molar-refractivity contribution is 0.282. The Hall–Kier alpha value is -2.48. The molecule has 0 spiro atoms. The average Bonchev–Trinajstić information content (AvgIpc) is 3.05. The van der Waals surface area contributed by atoms with Crippen LogP contribution >= 0.6 is 0 Å². The minimum absolute atomic E-state index is 0.159. The van der Waals surface area contributed by atoms with Gasteiger partial charge in [-0.15, -0.1) is 0 Å². The van der Waals surface area contributed by atoms with Gasteiger partial charge in [-0.05, 0) is 50.3 Å². The molecule has 0 aliphatic heterocycles. The lowest BCUT2D eigenvalue weighted by atomic mass is 9.81. The molecule has 0 saturated heterocycles. The lowest BCUT2D eigenvalue weighted by Gasteiger charge is -2.41. The number of anilines is 1. The number of sulfone groups is 1. The van der Waals surface area contributed by atoms with Crippen molar-refractivity contribution >= 4 is 26.7 Å². The second-order valence-corrected chi connectivity index (χ2v) is 9.41. The van der Waals surface area contributed by atoms with Crippen molar-refractivity contribution in [1.82, 2.24) is 19.9 Å². The third kappa shape index (κ3) is 3.29. The van der Waals surface area contributed by atoms with Crippen LogP contribution in [0.5, 0.6) is 0 Å². The van der Waals surface area contributed by atoms with Crippen LogP contribution in [0.4, 0.5) is 5.82 Å². The van der Waals surface area contributed by atoms with Gasteiger partial charge in [0.05, 0.1) is 16.0 Å². The van der Waals surface area contributed by atoms with E-state index in [1.807, 2.05) is 39.2 Å². The Morgan fingerprint density at radius 2 is 2.00 bits per heavy atom. The topological polar surface area (TPSA) is 91.8 Å². The number of hydrogen-bond acceptors (Lipinski definition) is 6. The highest BCUT2D eigenvalue weighted by molar-refractivity contribution is 7.91. The number of H-pyrrole nitrogens is 1. The maximum atomic E-state index is 12.8. The number of nitrogens with zero attached hydrogens (tertiary/aromatic N) is 4. The maximum Gasteiger partial charge on any atom is 0.180 e. The zero-order chi connectivity index (χ0) is 19.2. The summed E-state index contributed by atoms with van der Waals surface area (Å²) in [5.74, 6) is 1.21. The molecule has 3 aromatic rings. The van der Waals surface area contributed by atoms with Crippen molar-refractivity contribution in [2.75, 3.05) is 17.7 Å². The van der Waals surface area contributed by atoms with Crippen molar-refractivity contribution in [3.05, 3.63) is 42.1 Å². The minimum atomic E-state index is -3.32. The van der Waals surface area contributed by atoms with E-state index in [1.165, 1.54) is 6.20 Å². The molecule has 0 bridgehead atoms. The van der Waals surface area contributed by atoms with Gasteiger partial charge >= 0.3 is 0 Å². The molecule has 3 heterocycles. The molecular formula is C19H23N5O2S. The Bertz CT molecular complexity index is 1090. The Morgan fingerprint density at radius 1 is 1.22 bits per heavy atom. The van der Waals surface area contributed by atoms with E-state index in [-0.39, 0.29) is 17.7 Å². The fraction of sp³-hybridized carbons (Fsp3) is 0.421. The van der Waals surface area contributed by atoms with Gasteiger partial charge in [0.1, 0.15) is 17.8 Å². The van der Waals surface area contributed by atoms with Crippen LogP contribution in [0, 0.1) is 19.8 Å². The predicted octanol–water partition coefficient (Wildman–Crippen LogP) is 2.66. The average molecular weight is 385 g/mol. The van der Waals surface area contributed by atoms with Crippen molar-refractivity contribution < 1.29 is 8.42 Å². The molecule has 1 saturated carbocycles. The molecule has 0 amide bonds. The van der Waals surface area contributed by atoms with Gasteiger partial charge in [-0.2, -0.15) is 0 Å². The van der Waals surface area contributed by atoms with Gasteiger partial charge in [0, 0.05) is 31.2 Å². The van der Waals surface area contributed by atoms with Crippen LogP contribution in [0.2, 0.25) is 0 Å². The number of fused-ring (bicyclic) bond motifs is 1. The molecule has 1 fully saturated rings. The predicted molar refractivity (Wildman–Crippen MR) is 105 cm³/mol. The summed E-state index contributed by atoms with van der Waals surface area (Å²) in [6.07, 6.45) is 6.57. The van der Waals surface area contributed by atoms with Crippen LogP contribution < -0.4 is 4.90 Å². The fourth-order valence-electron chi connectivity index (χ4n) is 3.88. The number of rotatable bonds is 5. The highest BCUT2D eigenvalue weighted by Crippen LogP contribution is 2.36. The standard InChI is InChI=1S/C19H23N5O2S/c1-12-6-13(2)21-9-17(12)27(25,26)10-14-7-15(8-14)24(3)19-16-4-5-20-18(16)22-11-23-19/h4-6,9,11,14-15H,7-8,10H2,1-3H3,(H,20,22,23). The molecule has 8 heteroatoms. The highest BCUT2D eigenvalue weighted by Gasteiger charge is 2.36. The first-order valence-electron chi connectivity index (χ1n) is 9.02. The van der Waals surface area contributed by atoms with Gasteiger partial charge in [-0.25, -0.2) is 18.4 Å². The van der Waals surface area contributed by atoms with Crippen molar-refractivity contribution in [1.29, 1.82) is 0 Å². The van der Waals surface area contributed by atoms with E-state index in [1.54, 1.807) is 6.33 Å². The smallest absolute Gasteiger partial charge is 0.180 e. The van der Waals surface area contributed by atoms with Gasteiger partial charge in [-0.1, -0.05) is 0 Å². The Labute approximate surface area is 158 Å². The normalized spacial score (nSPS) is 19.8. The van der Waals surface area contributed by atoms with E-state index in [4.69, 9.17) is 0 Å². The molecule has 1 aliphatic rings. The SMILES string of the molecule is Cc1cc(C)c(S(=O)(=O)CC2CC(N(C)c3ncnc4[nH]ccc34)C2)cn1. The third-order valence-electron chi connectivity index (χ3n) is 5.42. The first-order valence-corrected chi connectivity index (χ1v) is 10.7. The monoisotopic (exact) mass is 385 g/mol. The van der Waals surface area contributed by atoms with E-state index in [2.05, 4.69) is 24.8 Å². The number of aryl methyl sites for hydroxylation is 2. The molecule has 4 rings (SSSR count). The van der Waals surface area contributed by atoms with E-state index in [0.717, 1.165) is 41.0 Å². The third-order valence-corrected chi connectivity index (χ3v) is 7.42. The summed E-state index contributed by atoms with van der Waals surface area (Å²) in [7, 11) is -1.31. The zero-order valence-electron chi connectivity index (χ0n) is 15.7. The van der Waals surface area contributed by atoms with E-state index < -0.39 is 9.84 Å². The van der Waals surface area contributed by atoms with Gasteiger partial charge in [0.25, 0.3) is 0 Å². The Kier molecular flexibility index (Phi) is 4.38. The molecule has 1 aliphatic carbocycles. The first-order chi connectivity index (χ1) is 12.8. The quantitative estimate of drug-likeness (QED) is 0.726. The summed E-state index contributed by atoms with van der Waals surface area (Å²) < 4.78 is 25.6. The summed E-state index contributed by atoms with van der Waals surface area (Å²) in [6, 6.07) is 4.08. The summed E-state index contributed by atoms with van der Waals surface area (Å²) in [5, 5.41) is 0.984. The lowest BCUT2D eigenvalue weighted by Crippen LogP contribution is -2.45. The van der Waals surface area contributed by atoms with Gasteiger partial charge < -0.3 is 9.88 Å². The number of nitrogens with one attached hydrogen (secondary N) is 1. The molecule has 3 aromatic heterocycles. The maximum absolute atomic E-state index is 12.8. The second kappa shape index (κ2) is 6.60. The van der Waals surface area contributed by atoms with Crippen molar-refractivity contribution in [3.63, 3.8) is 0 Å². The summed E-state index contributed by atoms with van der Waals surface area (Å²) in [5.41, 5.74) is 2.41. The highest BCUT2D eigenvalue weighted by atomic mass is 32.2. The van der Waals surface area contributed by atoms with Gasteiger partial charge in [0.15, 0.2) is 9.84 Å². The molecular weight excluding hydrogens is 362 g/mol. The van der Waals surface area contributed by atoms with Gasteiger partial charge in [-0.3, -0.25) is 4.98 Å². The molecule has 0 atom stereocenters. The summed E-state index contributed by atoms with van der Waals surface area (Å²) in [6.45, 7) is 3.69.